The van der Waals surface area contributed by atoms with E-state index in [1.165, 1.54) is 31.2 Å². The molecule has 142 valence electrons. The number of benzene rings is 1. The summed E-state index contributed by atoms with van der Waals surface area (Å²) in [7, 11) is 0. The Morgan fingerprint density at radius 1 is 1.19 bits per heavy atom. The summed E-state index contributed by atoms with van der Waals surface area (Å²) in [6.45, 7) is 3.23. The molecule has 4 rings (SSSR count). The van der Waals surface area contributed by atoms with Gasteiger partial charge in [-0.25, -0.2) is 0 Å². The van der Waals surface area contributed by atoms with Gasteiger partial charge in [-0.2, -0.15) is 0 Å². The summed E-state index contributed by atoms with van der Waals surface area (Å²) in [4.78, 5) is 15.4. The van der Waals surface area contributed by atoms with E-state index in [1.54, 1.807) is 0 Å². The van der Waals surface area contributed by atoms with Crippen molar-refractivity contribution in [3.8, 4) is 0 Å². The maximum Gasteiger partial charge on any atom is 0.251 e. The molecule has 1 N–H and O–H groups in total. The van der Waals surface area contributed by atoms with Crippen LogP contribution >= 0.6 is 15.9 Å². The second-order valence-corrected chi connectivity index (χ2v) is 8.66. The minimum absolute atomic E-state index is 0.0589. The number of nitrogens with zero attached hydrogens (tertiary/aromatic N) is 1. The molecule has 1 aliphatic carbocycles. The van der Waals surface area contributed by atoms with E-state index in [0.717, 1.165) is 49.9 Å². The van der Waals surface area contributed by atoms with Crippen LogP contribution in [0.5, 0.6) is 0 Å². The van der Waals surface area contributed by atoms with Gasteiger partial charge in [0, 0.05) is 29.6 Å². The van der Waals surface area contributed by atoms with Gasteiger partial charge in [-0.3, -0.25) is 9.69 Å². The molecule has 2 saturated heterocycles. The monoisotopic (exact) mass is 420 g/mol. The van der Waals surface area contributed by atoms with Gasteiger partial charge in [-0.1, -0.05) is 28.1 Å². The van der Waals surface area contributed by atoms with Crippen molar-refractivity contribution in [3.05, 3.63) is 35.4 Å². The lowest BCUT2D eigenvalue weighted by atomic mass is 9.76. The van der Waals surface area contributed by atoms with E-state index in [0.29, 0.717) is 6.04 Å². The first-order chi connectivity index (χ1) is 12.7. The molecule has 1 spiro atoms. The zero-order chi connectivity index (χ0) is 18.0. The number of amides is 1. The van der Waals surface area contributed by atoms with Crippen LogP contribution in [0.3, 0.4) is 0 Å². The van der Waals surface area contributed by atoms with Crippen LogP contribution in [0, 0.1) is 0 Å². The normalized spacial score (nSPS) is 32.2. The van der Waals surface area contributed by atoms with Gasteiger partial charge >= 0.3 is 0 Å². The second kappa shape index (κ2) is 7.99. The van der Waals surface area contributed by atoms with Gasteiger partial charge in [0.1, 0.15) is 0 Å². The Morgan fingerprint density at radius 2 is 1.96 bits per heavy atom. The number of nitrogens with one attached hydrogen (secondary N) is 1. The van der Waals surface area contributed by atoms with Gasteiger partial charge in [-0.05, 0) is 75.7 Å². The summed E-state index contributed by atoms with van der Waals surface area (Å²) < 4.78 is 6.19. The summed E-state index contributed by atoms with van der Waals surface area (Å²) in [5.74, 6) is 0.0589. The number of likely N-dealkylation sites (tertiary alicyclic amines) is 1. The van der Waals surface area contributed by atoms with Crippen LogP contribution in [0.1, 0.15) is 60.9 Å². The summed E-state index contributed by atoms with van der Waals surface area (Å²) in [6, 6.07) is 8.54. The van der Waals surface area contributed by atoms with Crippen molar-refractivity contribution >= 4 is 21.8 Å². The molecule has 1 aromatic rings. The Kier molecular flexibility index (Phi) is 5.67. The molecular formula is C21H29BrN2O2. The third-order valence-corrected chi connectivity index (χ3v) is 7.09. The smallest absolute Gasteiger partial charge is 0.251 e. The summed E-state index contributed by atoms with van der Waals surface area (Å²) in [5.41, 5.74) is 2.02. The van der Waals surface area contributed by atoms with Crippen molar-refractivity contribution in [2.45, 2.75) is 68.0 Å². The maximum absolute atomic E-state index is 12.8. The lowest BCUT2D eigenvalue weighted by molar-refractivity contribution is -0.0566. The first-order valence-corrected chi connectivity index (χ1v) is 11.2. The zero-order valence-electron chi connectivity index (χ0n) is 15.4. The minimum atomic E-state index is 0.0589. The third-order valence-electron chi connectivity index (χ3n) is 6.44. The Bertz CT molecular complexity index is 621. The molecule has 2 heterocycles. The van der Waals surface area contributed by atoms with Crippen LogP contribution < -0.4 is 5.32 Å². The van der Waals surface area contributed by atoms with Crippen molar-refractivity contribution in [2.75, 3.05) is 19.7 Å². The van der Waals surface area contributed by atoms with E-state index in [2.05, 4.69) is 26.1 Å². The van der Waals surface area contributed by atoms with Crippen molar-refractivity contribution in [2.24, 2.45) is 0 Å². The number of carbonyl (C=O) groups is 1. The fourth-order valence-electron chi connectivity index (χ4n) is 4.97. The summed E-state index contributed by atoms with van der Waals surface area (Å²) in [6.07, 6.45) is 8.09. The van der Waals surface area contributed by atoms with Crippen LogP contribution in [-0.4, -0.2) is 48.2 Å². The molecule has 1 saturated carbocycles. The number of halogens is 1. The molecule has 3 unspecified atom stereocenters. The number of carbonyl (C=O) groups excluding carboxylic acids is 1. The summed E-state index contributed by atoms with van der Waals surface area (Å²) in [5, 5.41) is 4.17. The van der Waals surface area contributed by atoms with Gasteiger partial charge in [0.15, 0.2) is 0 Å². The number of hydrogen-bond acceptors (Lipinski definition) is 3. The fourth-order valence-corrected chi connectivity index (χ4v) is 5.35. The lowest BCUT2D eigenvalue weighted by Gasteiger charge is -2.45. The second-order valence-electron chi connectivity index (χ2n) is 8.10. The van der Waals surface area contributed by atoms with Crippen molar-refractivity contribution in [1.82, 2.24) is 10.2 Å². The number of ether oxygens (including phenoxy) is 1. The number of hydrogen-bond donors (Lipinski definition) is 1. The Hall–Kier alpha value is -0.910. The first kappa shape index (κ1) is 18.5. The van der Waals surface area contributed by atoms with Gasteiger partial charge < -0.3 is 10.1 Å². The quantitative estimate of drug-likeness (QED) is 0.751. The molecule has 3 aliphatic rings. The van der Waals surface area contributed by atoms with E-state index >= 15 is 0 Å². The Balaban J connectivity index is 1.47. The molecule has 0 aromatic heterocycles. The van der Waals surface area contributed by atoms with Crippen molar-refractivity contribution in [1.29, 1.82) is 0 Å². The maximum atomic E-state index is 12.8. The van der Waals surface area contributed by atoms with E-state index in [-0.39, 0.29) is 17.6 Å². The van der Waals surface area contributed by atoms with Crippen LogP contribution in [0.15, 0.2) is 24.3 Å². The standard InChI is InChI=1S/C21H29BrN2O2/c22-15-16-4-6-17(7-5-16)20(25)23-18-8-10-21(9-3-13-26-21)14-19(18)24-11-1-2-12-24/h4-7,18-19H,1-3,8-15H2,(H,23,25). The predicted octanol–water partition coefficient (Wildman–Crippen LogP) is 3.88. The van der Waals surface area contributed by atoms with Gasteiger partial charge in [-0.15, -0.1) is 0 Å². The minimum Gasteiger partial charge on any atom is -0.375 e. The first-order valence-electron chi connectivity index (χ1n) is 10.0. The van der Waals surface area contributed by atoms with Crippen molar-refractivity contribution < 1.29 is 9.53 Å². The SMILES string of the molecule is O=C(NC1CCC2(CCCO2)CC1N1CCCC1)c1ccc(CBr)cc1. The molecule has 1 amide bonds. The molecule has 5 heteroatoms. The van der Waals surface area contributed by atoms with Crippen LogP contribution in [0.25, 0.3) is 0 Å². The molecule has 26 heavy (non-hydrogen) atoms. The third kappa shape index (κ3) is 3.85. The largest absolute Gasteiger partial charge is 0.375 e. The van der Waals surface area contributed by atoms with Gasteiger partial charge in [0.2, 0.25) is 0 Å². The predicted molar refractivity (Wildman–Crippen MR) is 107 cm³/mol. The van der Waals surface area contributed by atoms with E-state index in [9.17, 15) is 4.79 Å². The highest BCUT2D eigenvalue weighted by Gasteiger charge is 2.46. The molecular weight excluding hydrogens is 392 g/mol. The van der Waals surface area contributed by atoms with Crippen molar-refractivity contribution in [3.63, 3.8) is 0 Å². The Labute approximate surface area is 164 Å². The molecule has 1 aromatic carbocycles. The zero-order valence-corrected chi connectivity index (χ0v) is 17.0. The fraction of sp³-hybridized carbons (Fsp3) is 0.667. The van der Waals surface area contributed by atoms with Crippen LogP contribution in [0.2, 0.25) is 0 Å². The lowest BCUT2D eigenvalue weighted by Crippen LogP contribution is -2.57. The molecule has 0 bridgehead atoms. The van der Waals surface area contributed by atoms with Crippen LogP contribution in [0.4, 0.5) is 0 Å². The van der Waals surface area contributed by atoms with Gasteiger partial charge in [0.05, 0.1) is 5.60 Å². The molecule has 0 radical (unpaired) electrons. The molecule has 2 aliphatic heterocycles. The highest BCUT2D eigenvalue weighted by atomic mass is 79.9. The molecule has 3 fully saturated rings. The molecule has 3 atom stereocenters. The number of rotatable bonds is 4. The topological polar surface area (TPSA) is 41.6 Å². The van der Waals surface area contributed by atoms with Crippen LogP contribution in [-0.2, 0) is 10.1 Å². The Morgan fingerprint density at radius 3 is 2.62 bits per heavy atom. The number of alkyl halides is 1. The van der Waals surface area contributed by atoms with E-state index in [1.807, 2.05) is 24.3 Å². The average molecular weight is 421 g/mol. The highest BCUT2D eigenvalue weighted by Crippen LogP contribution is 2.41. The van der Waals surface area contributed by atoms with E-state index in [4.69, 9.17) is 4.74 Å². The average Bonchev–Trinajstić information content (AvgIpc) is 3.36. The highest BCUT2D eigenvalue weighted by molar-refractivity contribution is 9.08. The molecule has 4 nitrogen and oxygen atoms in total. The van der Waals surface area contributed by atoms with Gasteiger partial charge in [0.25, 0.3) is 5.91 Å². The summed E-state index contributed by atoms with van der Waals surface area (Å²) >= 11 is 3.46. The van der Waals surface area contributed by atoms with E-state index < -0.39 is 0 Å².